The number of nitrogens with two attached hydrogens (primary N) is 1. The maximum Gasteiger partial charge on any atom is 0.226 e. The van der Waals surface area contributed by atoms with Crippen molar-refractivity contribution in [3.05, 3.63) is 0 Å². The van der Waals surface area contributed by atoms with Crippen molar-refractivity contribution in [2.24, 2.45) is 35.3 Å². The molecule has 0 aromatic carbocycles. The van der Waals surface area contributed by atoms with Gasteiger partial charge in [0, 0.05) is 32.2 Å². The van der Waals surface area contributed by atoms with Crippen molar-refractivity contribution in [3.8, 4) is 0 Å². The average molecular weight is 315 g/mol. The summed E-state index contributed by atoms with van der Waals surface area (Å²) >= 11 is 0. The zero-order valence-electron chi connectivity index (χ0n) is 12.7. The van der Waals surface area contributed by atoms with E-state index in [1.165, 1.54) is 19.3 Å². The van der Waals surface area contributed by atoms with Crippen molar-refractivity contribution >= 4 is 18.3 Å². The number of carbonyl (C=O) groups excluding carboxylic acids is 1. The third-order valence-corrected chi connectivity index (χ3v) is 6.58. The first kappa shape index (κ1) is 15.6. The maximum atomic E-state index is 12.9. The van der Waals surface area contributed by atoms with Crippen LogP contribution in [0.15, 0.2) is 0 Å². The number of halogens is 1. The zero-order chi connectivity index (χ0) is 13.9. The Hall–Kier alpha value is -0.320. The highest BCUT2D eigenvalue weighted by Gasteiger charge is 2.68. The summed E-state index contributed by atoms with van der Waals surface area (Å²) in [5.41, 5.74) is 5.90. The number of ether oxygens (including phenoxy) is 1. The Labute approximate surface area is 133 Å². The molecule has 4 fully saturated rings. The molecule has 21 heavy (non-hydrogen) atoms. The fraction of sp³-hybridized carbons (Fsp3) is 0.938. The van der Waals surface area contributed by atoms with Gasteiger partial charge in [-0.15, -0.1) is 12.4 Å². The lowest BCUT2D eigenvalue weighted by Gasteiger charge is -2.39. The molecular weight excluding hydrogens is 288 g/mol. The number of hydrogen-bond acceptors (Lipinski definition) is 3. The van der Waals surface area contributed by atoms with E-state index in [2.05, 4.69) is 4.90 Å². The molecule has 3 aliphatic carbocycles. The second-order valence-corrected chi connectivity index (χ2v) is 7.32. The SMILES string of the molecule is COC1CCN(C(=O)C2C3C4CCC(C4)C23)C(CN)C1.Cl. The molecule has 4 rings (SSSR count). The lowest BCUT2D eigenvalue weighted by atomic mass is 9.96. The summed E-state index contributed by atoms with van der Waals surface area (Å²) in [5, 5.41) is 0. The Morgan fingerprint density at radius 3 is 2.43 bits per heavy atom. The Balaban J connectivity index is 0.00000132. The summed E-state index contributed by atoms with van der Waals surface area (Å²) in [5.74, 6) is 3.98. The Kier molecular flexibility index (Phi) is 4.23. The van der Waals surface area contributed by atoms with Crippen molar-refractivity contribution in [2.75, 3.05) is 20.2 Å². The molecule has 6 unspecified atom stereocenters. The third-order valence-electron chi connectivity index (χ3n) is 6.58. The Morgan fingerprint density at radius 1 is 1.19 bits per heavy atom. The monoisotopic (exact) mass is 314 g/mol. The number of fused-ring (bicyclic) bond motifs is 5. The summed E-state index contributed by atoms with van der Waals surface area (Å²) in [4.78, 5) is 15.0. The first-order valence-corrected chi connectivity index (χ1v) is 8.28. The van der Waals surface area contributed by atoms with E-state index in [0.29, 0.717) is 18.4 Å². The van der Waals surface area contributed by atoms with Crippen LogP contribution in [0.2, 0.25) is 0 Å². The Morgan fingerprint density at radius 2 is 1.86 bits per heavy atom. The van der Waals surface area contributed by atoms with Gasteiger partial charge in [0.05, 0.1) is 6.10 Å². The van der Waals surface area contributed by atoms with Crippen LogP contribution in [0, 0.1) is 29.6 Å². The van der Waals surface area contributed by atoms with Gasteiger partial charge in [0.1, 0.15) is 0 Å². The van der Waals surface area contributed by atoms with Gasteiger partial charge in [-0.05, 0) is 55.8 Å². The molecule has 0 aromatic heterocycles. The zero-order valence-corrected chi connectivity index (χ0v) is 13.6. The molecule has 1 saturated heterocycles. The van der Waals surface area contributed by atoms with E-state index >= 15 is 0 Å². The van der Waals surface area contributed by atoms with Gasteiger partial charge < -0.3 is 15.4 Å². The van der Waals surface area contributed by atoms with Crippen LogP contribution >= 0.6 is 12.4 Å². The fourth-order valence-corrected chi connectivity index (χ4v) is 5.59. The Bertz CT molecular complexity index is 403. The van der Waals surface area contributed by atoms with Crippen LogP contribution in [0.4, 0.5) is 0 Å². The van der Waals surface area contributed by atoms with E-state index < -0.39 is 0 Å². The van der Waals surface area contributed by atoms with Gasteiger partial charge >= 0.3 is 0 Å². The maximum absolute atomic E-state index is 12.9. The average Bonchev–Trinajstić information content (AvgIpc) is 2.93. The molecule has 6 atom stereocenters. The lowest BCUT2D eigenvalue weighted by molar-refractivity contribution is -0.139. The van der Waals surface area contributed by atoms with Crippen LogP contribution in [0.1, 0.15) is 32.1 Å². The molecule has 120 valence electrons. The van der Waals surface area contributed by atoms with E-state index in [-0.39, 0.29) is 24.6 Å². The molecular formula is C16H27ClN2O2. The van der Waals surface area contributed by atoms with Gasteiger partial charge in [-0.25, -0.2) is 0 Å². The van der Waals surface area contributed by atoms with Crippen molar-refractivity contribution < 1.29 is 9.53 Å². The topological polar surface area (TPSA) is 55.6 Å². The third kappa shape index (κ3) is 2.30. The molecule has 2 bridgehead atoms. The highest BCUT2D eigenvalue weighted by Crippen LogP contribution is 2.69. The number of piperidine rings is 1. The number of likely N-dealkylation sites (tertiary alicyclic amines) is 1. The van der Waals surface area contributed by atoms with E-state index in [0.717, 1.165) is 43.1 Å². The van der Waals surface area contributed by atoms with Crippen molar-refractivity contribution in [3.63, 3.8) is 0 Å². The van der Waals surface area contributed by atoms with Crippen LogP contribution in [0.5, 0.6) is 0 Å². The van der Waals surface area contributed by atoms with Gasteiger partial charge in [-0.3, -0.25) is 4.79 Å². The highest BCUT2D eigenvalue weighted by molar-refractivity contribution is 5.85. The number of nitrogens with zero attached hydrogens (tertiary/aromatic N) is 1. The summed E-state index contributed by atoms with van der Waals surface area (Å²) in [6.07, 6.45) is 6.32. The molecule has 4 aliphatic rings. The molecule has 1 amide bonds. The smallest absolute Gasteiger partial charge is 0.226 e. The first-order valence-electron chi connectivity index (χ1n) is 8.28. The van der Waals surface area contributed by atoms with E-state index in [4.69, 9.17) is 10.5 Å². The van der Waals surface area contributed by atoms with Gasteiger partial charge in [-0.2, -0.15) is 0 Å². The van der Waals surface area contributed by atoms with E-state index in [9.17, 15) is 4.79 Å². The number of amides is 1. The molecule has 5 heteroatoms. The molecule has 1 aliphatic heterocycles. The quantitative estimate of drug-likeness (QED) is 0.862. The van der Waals surface area contributed by atoms with E-state index in [1.54, 1.807) is 7.11 Å². The standard InChI is InChI=1S/C16H26N2O2.ClH/c1-20-12-4-5-18(11(7-12)8-17)16(19)15-13-9-2-3-10(6-9)14(13)15;/h9-15H,2-8,17H2,1H3;1H. The van der Waals surface area contributed by atoms with Crippen LogP contribution in [-0.2, 0) is 9.53 Å². The number of hydrogen-bond donors (Lipinski definition) is 1. The number of methoxy groups -OCH3 is 1. The van der Waals surface area contributed by atoms with Gasteiger partial charge in [0.15, 0.2) is 0 Å². The van der Waals surface area contributed by atoms with Gasteiger partial charge in [-0.1, -0.05) is 0 Å². The number of carbonyl (C=O) groups is 1. The largest absolute Gasteiger partial charge is 0.381 e. The second kappa shape index (κ2) is 5.71. The van der Waals surface area contributed by atoms with Crippen LogP contribution < -0.4 is 5.73 Å². The van der Waals surface area contributed by atoms with Crippen LogP contribution in [0.25, 0.3) is 0 Å². The van der Waals surface area contributed by atoms with Crippen LogP contribution in [-0.4, -0.2) is 43.2 Å². The second-order valence-electron chi connectivity index (χ2n) is 7.32. The molecule has 3 saturated carbocycles. The predicted molar refractivity (Wildman–Crippen MR) is 83.1 cm³/mol. The molecule has 1 heterocycles. The van der Waals surface area contributed by atoms with Crippen molar-refractivity contribution in [2.45, 2.75) is 44.2 Å². The highest BCUT2D eigenvalue weighted by atomic mass is 35.5. The summed E-state index contributed by atoms with van der Waals surface area (Å²) in [6.45, 7) is 1.41. The molecule has 0 radical (unpaired) electrons. The number of rotatable bonds is 3. The normalized spacial score (nSPS) is 47.0. The van der Waals surface area contributed by atoms with Crippen molar-refractivity contribution in [1.82, 2.24) is 4.90 Å². The summed E-state index contributed by atoms with van der Waals surface area (Å²) < 4.78 is 5.45. The van der Waals surface area contributed by atoms with Gasteiger partial charge in [0.25, 0.3) is 0 Å². The van der Waals surface area contributed by atoms with Gasteiger partial charge in [0.2, 0.25) is 5.91 Å². The molecule has 0 aromatic rings. The fourth-order valence-electron chi connectivity index (χ4n) is 5.59. The first-order chi connectivity index (χ1) is 9.74. The minimum absolute atomic E-state index is 0. The predicted octanol–water partition coefficient (Wildman–Crippen LogP) is 1.66. The minimum atomic E-state index is 0. The lowest BCUT2D eigenvalue weighted by Crippen LogP contribution is -2.52. The summed E-state index contributed by atoms with van der Waals surface area (Å²) in [7, 11) is 1.76. The van der Waals surface area contributed by atoms with Crippen LogP contribution in [0.3, 0.4) is 0 Å². The molecule has 4 nitrogen and oxygen atoms in total. The molecule has 2 N–H and O–H groups in total. The minimum Gasteiger partial charge on any atom is -0.381 e. The van der Waals surface area contributed by atoms with E-state index in [1.807, 2.05) is 0 Å². The summed E-state index contributed by atoms with van der Waals surface area (Å²) in [6, 6.07) is 0.195. The van der Waals surface area contributed by atoms with Crippen molar-refractivity contribution in [1.29, 1.82) is 0 Å². The molecule has 0 spiro atoms.